The normalized spacial score (nSPS) is 10.6. The molecule has 0 unspecified atom stereocenters. The van der Waals surface area contributed by atoms with Gasteiger partial charge in [0, 0.05) is 3.57 Å². The Morgan fingerprint density at radius 2 is 2.27 bits per heavy atom. The molecule has 0 saturated heterocycles. The second-order valence-electron chi connectivity index (χ2n) is 2.16. The van der Waals surface area contributed by atoms with Gasteiger partial charge in [-0.25, -0.2) is 4.79 Å². The lowest BCUT2D eigenvalue weighted by Crippen LogP contribution is -1.92. The standard InChI is InChI=1S/C7H4INO2/c8-4-1-2-6-5(3-4)9-7(10)11-6/h1-3H,(H,9,10). The van der Waals surface area contributed by atoms with Crippen molar-refractivity contribution in [1.82, 2.24) is 4.98 Å². The molecule has 0 aliphatic rings. The molecule has 0 amide bonds. The van der Waals surface area contributed by atoms with Crippen molar-refractivity contribution >= 4 is 33.7 Å². The first-order valence-corrected chi connectivity index (χ1v) is 4.12. The number of rotatable bonds is 0. The van der Waals surface area contributed by atoms with Crippen LogP contribution in [0.4, 0.5) is 0 Å². The quantitative estimate of drug-likeness (QED) is 0.734. The molecule has 1 N–H and O–H groups in total. The summed E-state index contributed by atoms with van der Waals surface area (Å²) in [5.74, 6) is -0.401. The van der Waals surface area contributed by atoms with E-state index in [2.05, 4.69) is 27.6 Å². The maximum atomic E-state index is 10.7. The van der Waals surface area contributed by atoms with Crippen molar-refractivity contribution in [2.45, 2.75) is 0 Å². The molecule has 0 fully saturated rings. The lowest BCUT2D eigenvalue weighted by Gasteiger charge is -1.86. The molecule has 0 saturated carbocycles. The number of H-pyrrole nitrogens is 1. The summed E-state index contributed by atoms with van der Waals surface area (Å²) in [5.41, 5.74) is 1.36. The zero-order chi connectivity index (χ0) is 7.84. The molecular formula is C7H4INO2. The van der Waals surface area contributed by atoms with E-state index in [1.165, 1.54) is 0 Å². The molecule has 56 valence electrons. The van der Waals surface area contributed by atoms with Gasteiger partial charge in [-0.2, -0.15) is 0 Å². The van der Waals surface area contributed by atoms with Gasteiger partial charge in [-0.05, 0) is 40.8 Å². The van der Waals surface area contributed by atoms with E-state index in [0.29, 0.717) is 5.58 Å². The van der Waals surface area contributed by atoms with Gasteiger partial charge in [-0.15, -0.1) is 0 Å². The molecule has 0 atom stereocenters. The van der Waals surface area contributed by atoms with Gasteiger partial charge < -0.3 is 4.42 Å². The van der Waals surface area contributed by atoms with E-state index in [4.69, 9.17) is 4.42 Å². The third-order valence-corrected chi connectivity index (χ3v) is 2.05. The summed E-state index contributed by atoms with van der Waals surface area (Å²) in [6, 6.07) is 5.52. The summed E-state index contributed by atoms with van der Waals surface area (Å²) in [5, 5.41) is 0. The summed E-state index contributed by atoms with van der Waals surface area (Å²) < 4.78 is 5.88. The Hall–Kier alpha value is -0.780. The Balaban J connectivity index is 2.92. The van der Waals surface area contributed by atoms with E-state index in [9.17, 15) is 4.79 Å². The van der Waals surface area contributed by atoms with Crippen molar-refractivity contribution in [3.05, 3.63) is 32.3 Å². The van der Waals surface area contributed by atoms with Crippen LogP contribution in [0.1, 0.15) is 0 Å². The van der Waals surface area contributed by atoms with Crippen LogP contribution in [0.5, 0.6) is 0 Å². The summed E-state index contributed by atoms with van der Waals surface area (Å²) >= 11 is 2.17. The number of hydrogen-bond donors (Lipinski definition) is 1. The van der Waals surface area contributed by atoms with Gasteiger partial charge in [0.2, 0.25) is 0 Å². The SMILES string of the molecule is O=c1[nH]c2cc(I)ccc2o1. The van der Waals surface area contributed by atoms with Gasteiger partial charge in [0.05, 0.1) is 5.52 Å². The lowest BCUT2D eigenvalue weighted by molar-refractivity contribution is 0.555. The number of halogens is 1. The van der Waals surface area contributed by atoms with Crippen molar-refractivity contribution < 1.29 is 4.42 Å². The van der Waals surface area contributed by atoms with Crippen LogP contribution < -0.4 is 5.76 Å². The number of fused-ring (bicyclic) bond motifs is 1. The van der Waals surface area contributed by atoms with Gasteiger partial charge >= 0.3 is 5.76 Å². The van der Waals surface area contributed by atoms with Crippen LogP contribution in [-0.4, -0.2) is 4.98 Å². The molecule has 11 heavy (non-hydrogen) atoms. The minimum atomic E-state index is -0.401. The maximum absolute atomic E-state index is 10.7. The molecule has 1 aromatic carbocycles. The van der Waals surface area contributed by atoms with Gasteiger partial charge in [0.25, 0.3) is 0 Å². The number of oxazole rings is 1. The van der Waals surface area contributed by atoms with Crippen molar-refractivity contribution in [2.24, 2.45) is 0 Å². The summed E-state index contributed by atoms with van der Waals surface area (Å²) in [6.07, 6.45) is 0. The topological polar surface area (TPSA) is 46.0 Å². The fourth-order valence-electron chi connectivity index (χ4n) is 0.924. The highest BCUT2D eigenvalue weighted by Gasteiger charge is 1.98. The highest BCUT2D eigenvalue weighted by atomic mass is 127. The molecule has 0 aliphatic carbocycles. The molecule has 2 aromatic rings. The zero-order valence-electron chi connectivity index (χ0n) is 5.43. The summed E-state index contributed by atoms with van der Waals surface area (Å²) in [6.45, 7) is 0. The summed E-state index contributed by atoms with van der Waals surface area (Å²) in [7, 11) is 0. The van der Waals surface area contributed by atoms with Gasteiger partial charge in [-0.3, -0.25) is 4.98 Å². The predicted octanol–water partition coefficient (Wildman–Crippen LogP) is 1.73. The van der Waals surface area contributed by atoms with Crippen LogP contribution in [0, 0.1) is 3.57 Å². The van der Waals surface area contributed by atoms with E-state index in [-0.39, 0.29) is 0 Å². The Morgan fingerprint density at radius 1 is 1.45 bits per heavy atom. The second kappa shape index (κ2) is 2.37. The number of hydrogen-bond acceptors (Lipinski definition) is 2. The maximum Gasteiger partial charge on any atom is 0.417 e. The third kappa shape index (κ3) is 1.18. The van der Waals surface area contributed by atoms with Crippen LogP contribution in [-0.2, 0) is 0 Å². The Kier molecular flexibility index (Phi) is 1.49. The van der Waals surface area contributed by atoms with E-state index in [1.807, 2.05) is 12.1 Å². The van der Waals surface area contributed by atoms with Crippen LogP contribution in [0.2, 0.25) is 0 Å². The van der Waals surface area contributed by atoms with Crippen LogP contribution in [0.25, 0.3) is 11.1 Å². The molecule has 0 bridgehead atoms. The molecule has 0 radical (unpaired) electrons. The number of aromatic nitrogens is 1. The highest BCUT2D eigenvalue weighted by molar-refractivity contribution is 14.1. The number of aromatic amines is 1. The first-order valence-electron chi connectivity index (χ1n) is 3.04. The van der Waals surface area contributed by atoms with Crippen molar-refractivity contribution in [3.8, 4) is 0 Å². The zero-order valence-corrected chi connectivity index (χ0v) is 7.58. The monoisotopic (exact) mass is 261 g/mol. The van der Waals surface area contributed by atoms with Crippen molar-refractivity contribution in [3.63, 3.8) is 0 Å². The van der Waals surface area contributed by atoms with E-state index >= 15 is 0 Å². The van der Waals surface area contributed by atoms with E-state index in [1.54, 1.807) is 6.07 Å². The largest absolute Gasteiger partial charge is 0.417 e. The Morgan fingerprint density at radius 3 is 3.09 bits per heavy atom. The van der Waals surface area contributed by atoms with Crippen LogP contribution in [0.3, 0.4) is 0 Å². The van der Waals surface area contributed by atoms with Gasteiger partial charge in [0.1, 0.15) is 0 Å². The third-order valence-electron chi connectivity index (χ3n) is 1.38. The molecule has 0 aliphatic heterocycles. The molecule has 0 spiro atoms. The van der Waals surface area contributed by atoms with Crippen molar-refractivity contribution in [2.75, 3.05) is 0 Å². The average Bonchev–Trinajstić information content (AvgIpc) is 2.27. The Labute approximate surface area is 75.6 Å². The minimum absolute atomic E-state index is 0.401. The average molecular weight is 261 g/mol. The van der Waals surface area contributed by atoms with Gasteiger partial charge in [0.15, 0.2) is 5.58 Å². The molecule has 1 heterocycles. The summed E-state index contributed by atoms with van der Waals surface area (Å²) in [4.78, 5) is 13.2. The van der Waals surface area contributed by atoms with Gasteiger partial charge in [-0.1, -0.05) is 0 Å². The highest BCUT2D eigenvalue weighted by Crippen LogP contribution is 2.13. The second-order valence-corrected chi connectivity index (χ2v) is 3.40. The first kappa shape index (κ1) is 6.90. The fraction of sp³-hybridized carbons (Fsp3) is 0. The van der Waals surface area contributed by atoms with Crippen LogP contribution >= 0.6 is 22.6 Å². The smallest absolute Gasteiger partial charge is 0.408 e. The first-order chi connectivity index (χ1) is 5.25. The van der Waals surface area contributed by atoms with E-state index < -0.39 is 5.76 Å². The van der Waals surface area contributed by atoms with Crippen LogP contribution in [0.15, 0.2) is 27.4 Å². The molecular weight excluding hydrogens is 257 g/mol. The minimum Gasteiger partial charge on any atom is -0.408 e. The molecule has 3 nitrogen and oxygen atoms in total. The fourth-order valence-corrected chi connectivity index (χ4v) is 1.42. The lowest BCUT2D eigenvalue weighted by atomic mass is 10.3. The molecule has 2 rings (SSSR count). The number of nitrogens with one attached hydrogen (secondary N) is 1. The van der Waals surface area contributed by atoms with Crippen molar-refractivity contribution in [1.29, 1.82) is 0 Å². The molecule has 4 heteroatoms. The molecule has 1 aromatic heterocycles. The Bertz CT molecular complexity index is 443. The predicted molar refractivity (Wildman–Crippen MR) is 49.6 cm³/mol. The number of benzene rings is 1. The van der Waals surface area contributed by atoms with E-state index in [0.717, 1.165) is 9.09 Å².